The molecule has 0 aliphatic carbocycles. The Bertz CT molecular complexity index is 749. The molecule has 2 aromatic rings. The van der Waals surface area contributed by atoms with Gasteiger partial charge in [0.15, 0.2) is 5.76 Å². The lowest BCUT2D eigenvalue weighted by atomic mass is 10.1. The number of carbonyl (C=O) groups excluding carboxylic acids is 1. The monoisotopic (exact) mass is 346 g/mol. The van der Waals surface area contributed by atoms with Gasteiger partial charge in [-0.05, 0) is 19.4 Å². The number of benzene rings is 1. The van der Waals surface area contributed by atoms with Crippen LogP contribution in [0.15, 0.2) is 22.6 Å². The van der Waals surface area contributed by atoms with Gasteiger partial charge in [-0.1, -0.05) is 18.2 Å². The third kappa shape index (κ3) is 3.86. The van der Waals surface area contributed by atoms with Crippen molar-refractivity contribution in [2.75, 3.05) is 46.4 Å². The van der Waals surface area contributed by atoms with Crippen LogP contribution in [0.5, 0.6) is 0 Å². The Labute approximate surface area is 148 Å². The van der Waals surface area contributed by atoms with E-state index in [9.17, 15) is 9.90 Å². The number of fused-ring (bicyclic) bond motifs is 1. The summed E-state index contributed by atoms with van der Waals surface area (Å²) in [6, 6.07) is 5.89. The average molecular weight is 346 g/mol. The molecule has 1 aliphatic heterocycles. The zero-order valence-electron chi connectivity index (χ0n) is 15.1. The first-order chi connectivity index (χ1) is 12.0. The maximum atomic E-state index is 12.8. The van der Waals surface area contributed by atoms with Gasteiger partial charge in [-0.25, -0.2) is 0 Å². The number of hydrogen-bond donors (Lipinski definition) is 1. The summed E-state index contributed by atoms with van der Waals surface area (Å²) in [6.07, 6.45) is -0.599. The maximum absolute atomic E-state index is 12.8. The standard InChI is InChI=1S/C19H26N2O4/c1-13-5-4-6-16-14(2)18(25-17(13)16)19(23)20(3)11-15(22)12-21-7-9-24-10-8-21/h4-6,15,22H,7-12H2,1-3H3. The molecule has 1 aliphatic rings. The first-order valence-corrected chi connectivity index (χ1v) is 8.69. The summed E-state index contributed by atoms with van der Waals surface area (Å²) in [5, 5.41) is 11.3. The molecule has 1 unspecified atom stereocenters. The first-order valence-electron chi connectivity index (χ1n) is 8.69. The number of amides is 1. The van der Waals surface area contributed by atoms with Gasteiger partial charge in [0.2, 0.25) is 0 Å². The first kappa shape index (κ1) is 17.9. The van der Waals surface area contributed by atoms with Crippen molar-refractivity contribution in [2.45, 2.75) is 20.0 Å². The Balaban J connectivity index is 1.67. The highest BCUT2D eigenvalue weighted by Gasteiger charge is 2.24. The summed E-state index contributed by atoms with van der Waals surface area (Å²) in [6.45, 7) is 7.70. The number of para-hydroxylation sites is 1. The molecule has 6 heteroatoms. The van der Waals surface area contributed by atoms with Gasteiger partial charge in [0.1, 0.15) is 5.58 Å². The third-order valence-corrected chi connectivity index (χ3v) is 4.76. The molecule has 1 atom stereocenters. The van der Waals surface area contributed by atoms with Gasteiger partial charge in [-0.15, -0.1) is 0 Å². The third-order valence-electron chi connectivity index (χ3n) is 4.76. The molecule has 25 heavy (non-hydrogen) atoms. The van der Waals surface area contributed by atoms with Gasteiger partial charge in [0.05, 0.1) is 19.3 Å². The number of β-amino-alcohol motifs (C(OH)–C–C–N with tert-alkyl or cyclic N) is 1. The summed E-state index contributed by atoms with van der Waals surface area (Å²) >= 11 is 0. The summed E-state index contributed by atoms with van der Waals surface area (Å²) in [4.78, 5) is 16.4. The van der Waals surface area contributed by atoms with Crippen molar-refractivity contribution in [2.24, 2.45) is 0 Å². The van der Waals surface area contributed by atoms with E-state index in [0.717, 1.165) is 35.2 Å². The minimum Gasteiger partial charge on any atom is -0.450 e. The van der Waals surface area contributed by atoms with E-state index in [2.05, 4.69) is 4.90 Å². The highest BCUT2D eigenvalue weighted by Crippen LogP contribution is 2.28. The molecule has 0 saturated carbocycles. The number of aliphatic hydroxyl groups excluding tert-OH is 1. The molecule has 1 fully saturated rings. The summed E-state index contributed by atoms with van der Waals surface area (Å²) < 4.78 is 11.2. The highest BCUT2D eigenvalue weighted by atomic mass is 16.5. The van der Waals surface area contributed by atoms with E-state index in [1.807, 2.05) is 32.0 Å². The van der Waals surface area contributed by atoms with Crippen molar-refractivity contribution < 1.29 is 19.1 Å². The van der Waals surface area contributed by atoms with Crippen molar-refractivity contribution in [3.63, 3.8) is 0 Å². The van der Waals surface area contributed by atoms with Crippen LogP contribution in [0.4, 0.5) is 0 Å². The molecule has 1 N–H and O–H groups in total. The molecule has 0 radical (unpaired) electrons. The van der Waals surface area contributed by atoms with Crippen LogP contribution < -0.4 is 0 Å². The van der Waals surface area contributed by atoms with Gasteiger partial charge in [0.25, 0.3) is 5.91 Å². The van der Waals surface area contributed by atoms with Gasteiger partial charge >= 0.3 is 0 Å². The minimum absolute atomic E-state index is 0.200. The number of morpholine rings is 1. The Morgan fingerprint density at radius 2 is 2.04 bits per heavy atom. The SMILES string of the molecule is Cc1c(C(=O)N(C)CC(O)CN2CCOCC2)oc2c(C)cccc12. The predicted octanol–water partition coefficient (Wildman–Crippen LogP) is 1.81. The molecule has 1 saturated heterocycles. The predicted molar refractivity (Wildman–Crippen MR) is 95.9 cm³/mol. The molecule has 1 aromatic heterocycles. The molecule has 6 nitrogen and oxygen atoms in total. The molecule has 1 aromatic carbocycles. The van der Waals surface area contributed by atoms with Crippen molar-refractivity contribution in [3.8, 4) is 0 Å². The van der Waals surface area contributed by atoms with E-state index in [1.165, 1.54) is 4.90 Å². The lowest BCUT2D eigenvalue weighted by Crippen LogP contribution is -2.45. The summed E-state index contributed by atoms with van der Waals surface area (Å²) in [5.74, 6) is 0.152. The second-order valence-corrected chi connectivity index (χ2v) is 6.76. The number of hydrogen-bond acceptors (Lipinski definition) is 5. The number of furan rings is 1. The maximum Gasteiger partial charge on any atom is 0.289 e. The quantitative estimate of drug-likeness (QED) is 0.894. The zero-order chi connectivity index (χ0) is 18.0. The van der Waals surface area contributed by atoms with E-state index >= 15 is 0 Å². The fourth-order valence-corrected chi connectivity index (χ4v) is 3.30. The fourth-order valence-electron chi connectivity index (χ4n) is 3.30. The second-order valence-electron chi connectivity index (χ2n) is 6.76. The minimum atomic E-state index is -0.599. The number of aryl methyl sites for hydroxylation is 2. The number of nitrogens with zero attached hydrogens (tertiary/aromatic N) is 2. The molecule has 0 spiro atoms. The van der Waals surface area contributed by atoms with E-state index in [4.69, 9.17) is 9.15 Å². The number of likely N-dealkylation sites (N-methyl/N-ethyl adjacent to an activating group) is 1. The summed E-state index contributed by atoms with van der Waals surface area (Å²) in [5.41, 5.74) is 2.61. The van der Waals surface area contributed by atoms with E-state index in [0.29, 0.717) is 25.5 Å². The Hall–Kier alpha value is -1.89. The van der Waals surface area contributed by atoms with E-state index < -0.39 is 6.10 Å². The van der Waals surface area contributed by atoms with Crippen molar-refractivity contribution in [1.82, 2.24) is 9.80 Å². The average Bonchev–Trinajstić information content (AvgIpc) is 2.93. The van der Waals surface area contributed by atoms with Gasteiger partial charge in [0, 0.05) is 44.2 Å². The topological polar surface area (TPSA) is 66.2 Å². The number of ether oxygens (including phenoxy) is 1. The number of carbonyl (C=O) groups is 1. The highest BCUT2D eigenvalue weighted by molar-refractivity contribution is 5.99. The molecular weight excluding hydrogens is 320 g/mol. The number of aliphatic hydroxyl groups is 1. The van der Waals surface area contributed by atoms with Gasteiger partial charge < -0.3 is 19.2 Å². The Morgan fingerprint density at radius 1 is 1.32 bits per heavy atom. The smallest absolute Gasteiger partial charge is 0.289 e. The zero-order valence-corrected chi connectivity index (χ0v) is 15.1. The second kappa shape index (κ2) is 7.56. The Morgan fingerprint density at radius 3 is 2.72 bits per heavy atom. The lowest BCUT2D eigenvalue weighted by Gasteiger charge is -2.29. The van der Waals surface area contributed by atoms with Crippen LogP contribution >= 0.6 is 0 Å². The fraction of sp³-hybridized carbons (Fsp3) is 0.526. The van der Waals surface area contributed by atoms with Gasteiger partial charge in [-0.2, -0.15) is 0 Å². The molecular formula is C19H26N2O4. The van der Waals surface area contributed by atoms with Crippen LogP contribution in [-0.4, -0.2) is 73.4 Å². The molecule has 136 valence electrons. The molecule has 2 heterocycles. The van der Waals surface area contributed by atoms with E-state index in [1.54, 1.807) is 7.05 Å². The molecule has 1 amide bonds. The van der Waals surface area contributed by atoms with Crippen molar-refractivity contribution in [3.05, 3.63) is 35.1 Å². The van der Waals surface area contributed by atoms with Crippen molar-refractivity contribution >= 4 is 16.9 Å². The van der Waals surface area contributed by atoms with Crippen LogP contribution in [-0.2, 0) is 4.74 Å². The van der Waals surface area contributed by atoms with E-state index in [-0.39, 0.29) is 12.5 Å². The van der Waals surface area contributed by atoms with Crippen LogP contribution in [0.1, 0.15) is 21.7 Å². The normalized spacial score (nSPS) is 17.0. The largest absolute Gasteiger partial charge is 0.450 e. The van der Waals surface area contributed by atoms with Crippen molar-refractivity contribution in [1.29, 1.82) is 0 Å². The van der Waals surface area contributed by atoms with Crippen LogP contribution in [0, 0.1) is 13.8 Å². The van der Waals surface area contributed by atoms with Crippen LogP contribution in [0.2, 0.25) is 0 Å². The van der Waals surface area contributed by atoms with Crippen LogP contribution in [0.3, 0.4) is 0 Å². The Kier molecular flexibility index (Phi) is 5.42. The van der Waals surface area contributed by atoms with Crippen LogP contribution in [0.25, 0.3) is 11.0 Å². The molecule has 3 rings (SSSR count). The lowest BCUT2D eigenvalue weighted by molar-refractivity contribution is 0.00854. The molecule has 0 bridgehead atoms. The number of rotatable bonds is 5. The van der Waals surface area contributed by atoms with Gasteiger partial charge in [-0.3, -0.25) is 9.69 Å². The summed E-state index contributed by atoms with van der Waals surface area (Å²) in [7, 11) is 1.70.